The van der Waals surface area contributed by atoms with Gasteiger partial charge in [0.05, 0.1) is 6.10 Å². The molecule has 186 valence electrons. The number of aliphatic hydroxyl groups is 2. The van der Waals surface area contributed by atoms with Crippen molar-refractivity contribution >= 4 is 22.5 Å². The first-order valence-corrected chi connectivity index (χ1v) is 12.6. The van der Waals surface area contributed by atoms with E-state index in [1.807, 2.05) is 13.0 Å². The normalized spacial score (nSPS) is 19.3. The number of benzene rings is 1. The fraction of sp³-hybridized carbons (Fsp3) is 0.500. The molecule has 1 fully saturated rings. The number of fused-ring (bicyclic) bond motifs is 2. The van der Waals surface area contributed by atoms with E-state index in [1.54, 1.807) is 12.5 Å². The molecule has 2 aliphatic rings. The number of nitrogens with one attached hydrogen (secondary N) is 2. The number of piperidine rings is 1. The Morgan fingerprint density at radius 3 is 2.60 bits per heavy atom. The molecule has 1 unspecified atom stereocenters. The van der Waals surface area contributed by atoms with E-state index in [-0.39, 0.29) is 6.04 Å². The summed E-state index contributed by atoms with van der Waals surface area (Å²) >= 11 is 0. The Hall–Kier alpha value is -2.85. The second-order valence-corrected chi connectivity index (χ2v) is 9.65. The highest BCUT2D eigenvalue weighted by atomic mass is 16.3. The number of rotatable bonds is 8. The monoisotopic (exact) mass is 477 g/mol. The van der Waals surface area contributed by atoms with Crippen LogP contribution in [0.15, 0.2) is 42.9 Å². The smallest absolute Gasteiger partial charge is 0.152 e. The predicted molar refractivity (Wildman–Crippen MR) is 137 cm³/mol. The second-order valence-electron chi connectivity index (χ2n) is 9.65. The highest BCUT2D eigenvalue weighted by Gasteiger charge is 2.23. The van der Waals surface area contributed by atoms with Gasteiger partial charge in [0.25, 0.3) is 0 Å². The third-order valence-corrected chi connectivity index (χ3v) is 7.14. The average molecular weight is 478 g/mol. The van der Waals surface area contributed by atoms with Gasteiger partial charge in [-0.15, -0.1) is 0 Å². The van der Waals surface area contributed by atoms with Gasteiger partial charge < -0.3 is 20.8 Å². The molecule has 0 amide bonds. The van der Waals surface area contributed by atoms with Gasteiger partial charge in [0.2, 0.25) is 0 Å². The van der Waals surface area contributed by atoms with Crippen LogP contribution in [0.5, 0.6) is 0 Å². The molecule has 4 heterocycles. The Labute approximate surface area is 206 Å². The Balaban J connectivity index is 1.19. The zero-order valence-corrected chi connectivity index (χ0v) is 20.3. The minimum Gasteiger partial charge on any atom is -0.390 e. The molecule has 0 bridgehead atoms. The standard InChI is InChI=1S/C26H35N7O2/c1-18(34)33-12-8-21(9-13-33)31-26-24-23(6-10-27-26)25(30-17-29-24)28-14-22(35)16-32-11-7-19-4-2-3-5-20(19)15-32/h2-6,10,17-18,21-22,34-35H,7-9,11-16H2,1H3,(H,27,31)(H,28,29,30)/t18?,22-/m0/s1. The maximum absolute atomic E-state index is 10.7. The van der Waals surface area contributed by atoms with E-state index in [1.165, 1.54) is 11.1 Å². The Morgan fingerprint density at radius 1 is 1.00 bits per heavy atom. The number of β-amino-alcohol motifs (C(OH)–C–C–N with tert-alkyl or cyclic N) is 1. The van der Waals surface area contributed by atoms with E-state index < -0.39 is 12.3 Å². The van der Waals surface area contributed by atoms with Gasteiger partial charge in [-0.3, -0.25) is 9.80 Å². The van der Waals surface area contributed by atoms with Gasteiger partial charge in [-0.05, 0) is 43.4 Å². The van der Waals surface area contributed by atoms with Crippen molar-refractivity contribution < 1.29 is 10.2 Å². The summed E-state index contributed by atoms with van der Waals surface area (Å²) in [7, 11) is 0. The molecule has 0 saturated carbocycles. The minimum absolute atomic E-state index is 0.283. The van der Waals surface area contributed by atoms with Crippen LogP contribution in [0.25, 0.3) is 10.9 Å². The maximum Gasteiger partial charge on any atom is 0.152 e. The van der Waals surface area contributed by atoms with Crippen LogP contribution >= 0.6 is 0 Å². The van der Waals surface area contributed by atoms with Crippen LogP contribution in [-0.4, -0.2) is 86.1 Å². The number of hydrogen-bond acceptors (Lipinski definition) is 9. The summed E-state index contributed by atoms with van der Waals surface area (Å²) in [6.45, 7) is 6.37. The number of pyridine rings is 1. The first kappa shape index (κ1) is 23.9. The van der Waals surface area contributed by atoms with Crippen LogP contribution in [0.3, 0.4) is 0 Å². The van der Waals surface area contributed by atoms with Crippen molar-refractivity contribution in [3.05, 3.63) is 54.0 Å². The quantitative estimate of drug-likeness (QED) is 0.388. The molecular formula is C26H35N7O2. The van der Waals surface area contributed by atoms with Crippen LogP contribution in [0.4, 0.5) is 11.6 Å². The van der Waals surface area contributed by atoms with E-state index in [9.17, 15) is 10.2 Å². The molecule has 2 aromatic heterocycles. The van der Waals surface area contributed by atoms with Crippen LogP contribution in [-0.2, 0) is 13.0 Å². The first-order valence-electron chi connectivity index (χ1n) is 12.6. The van der Waals surface area contributed by atoms with Crippen molar-refractivity contribution in [3.63, 3.8) is 0 Å². The molecule has 9 nitrogen and oxygen atoms in total. The molecule has 2 aliphatic heterocycles. The van der Waals surface area contributed by atoms with Crippen molar-refractivity contribution in [3.8, 4) is 0 Å². The third kappa shape index (κ3) is 5.70. The topological polar surface area (TPSA) is 110 Å². The molecule has 3 aromatic rings. The van der Waals surface area contributed by atoms with Gasteiger partial charge >= 0.3 is 0 Å². The van der Waals surface area contributed by atoms with Crippen LogP contribution in [0, 0.1) is 0 Å². The van der Waals surface area contributed by atoms with Crippen LogP contribution in [0.2, 0.25) is 0 Å². The zero-order valence-electron chi connectivity index (χ0n) is 20.3. The van der Waals surface area contributed by atoms with E-state index in [0.717, 1.165) is 62.2 Å². The Kier molecular flexibility index (Phi) is 7.38. The fourth-order valence-electron chi connectivity index (χ4n) is 5.13. The molecular weight excluding hydrogens is 442 g/mol. The molecule has 5 rings (SSSR count). The number of anilines is 2. The highest BCUT2D eigenvalue weighted by molar-refractivity contribution is 5.95. The fourth-order valence-corrected chi connectivity index (χ4v) is 5.13. The lowest BCUT2D eigenvalue weighted by Gasteiger charge is -2.34. The van der Waals surface area contributed by atoms with Gasteiger partial charge in [-0.1, -0.05) is 24.3 Å². The summed E-state index contributed by atoms with van der Waals surface area (Å²) in [5, 5.41) is 28.3. The molecule has 2 atom stereocenters. The van der Waals surface area contributed by atoms with Crippen molar-refractivity contribution in [2.75, 3.05) is 43.4 Å². The van der Waals surface area contributed by atoms with Crippen molar-refractivity contribution in [2.45, 2.75) is 51.1 Å². The molecule has 35 heavy (non-hydrogen) atoms. The van der Waals surface area contributed by atoms with Gasteiger partial charge in [-0.2, -0.15) is 0 Å². The number of hydrogen-bond donors (Lipinski definition) is 4. The van der Waals surface area contributed by atoms with Crippen molar-refractivity contribution in [1.82, 2.24) is 24.8 Å². The van der Waals surface area contributed by atoms with E-state index >= 15 is 0 Å². The molecule has 0 radical (unpaired) electrons. The van der Waals surface area contributed by atoms with Gasteiger partial charge in [0, 0.05) is 56.9 Å². The predicted octanol–water partition coefficient (Wildman–Crippen LogP) is 2.07. The Bertz CT molecular complexity index is 1130. The SMILES string of the molecule is CC(O)N1CCC(Nc2nccc3c(NC[C@H](O)CN4CCc5ccccc5C4)ncnc23)CC1. The minimum atomic E-state index is -0.510. The lowest BCUT2D eigenvalue weighted by Crippen LogP contribution is -2.43. The van der Waals surface area contributed by atoms with E-state index in [4.69, 9.17) is 0 Å². The average Bonchev–Trinajstić information content (AvgIpc) is 2.88. The Morgan fingerprint density at radius 2 is 1.80 bits per heavy atom. The molecule has 1 aromatic carbocycles. The number of aromatic nitrogens is 3. The summed E-state index contributed by atoms with van der Waals surface area (Å²) in [5.74, 6) is 1.45. The second kappa shape index (κ2) is 10.8. The number of likely N-dealkylation sites (tertiary alicyclic amines) is 1. The van der Waals surface area contributed by atoms with E-state index in [0.29, 0.717) is 18.9 Å². The summed E-state index contributed by atoms with van der Waals surface area (Å²) in [5.41, 5.74) is 3.53. The van der Waals surface area contributed by atoms with Crippen LogP contribution in [0.1, 0.15) is 30.9 Å². The lowest BCUT2D eigenvalue weighted by atomic mass is 10.00. The highest BCUT2D eigenvalue weighted by Crippen LogP contribution is 2.26. The van der Waals surface area contributed by atoms with Crippen molar-refractivity contribution in [2.24, 2.45) is 0 Å². The van der Waals surface area contributed by atoms with Crippen molar-refractivity contribution in [1.29, 1.82) is 0 Å². The summed E-state index contributed by atoms with van der Waals surface area (Å²) in [6, 6.07) is 10.7. The number of aliphatic hydroxyl groups excluding tert-OH is 2. The molecule has 0 spiro atoms. The first-order chi connectivity index (χ1) is 17.1. The molecule has 1 saturated heterocycles. The third-order valence-electron chi connectivity index (χ3n) is 7.14. The summed E-state index contributed by atoms with van der Waals surface area (Å²) in [4.78, 5) is 17.9. The zero-order chi connectivity index (χ0) is 24.2. The summed E-state index contributed by atoms with van der Waals surface area (Å²) in [6.07, 6.45) is 5.29. The lowest BCUT2D eigenvalue weighted by molar-refractivity contribution is 0.00477. The summed E-state index contributed by atoms with van der Waals surface area (Å²) < 4.78 is 0. The molecule has 9 heteroatoms. The van der Waals surface area contributed by atoms with Gasteiger partial charge in [-0.25, -0.2) is 15.0 Å². The van der Waals surface area contributed by atoms with Crippen LogP contribution < -0.4 is 10.6 Å². The molecule has 4 N–H and O–H groups in total. The maximum atomic E-state index is 10.7. The van der Waals surface area contributed by atoms with E-state index in [2.05, 4.69) is 59.7 Å². The van der Waals surface area contributed by atoms with Gasteiger partial charge in [0.1, 0.15) is 23.9 Å². The number of nitrogens with zero attached hydrogens (tertiary/aromatic N) is 5. The van der Waals surface area contributed by atoms with Gasteiger partial charge in [0.15, 0.2) is 5.82 Å². The molecule has 0 aliphatic carbocycles. The largest absolute Gasteiger partial charge is 0.390 e.